The molecule has 0 bridgehead atoms. The molecule has 4 aromatic rings. The van der Waals surface area contributed by atoms with Gasteiger partial charge < -0.3 is 19.3 Å². The summed E-state index contributed by atoms with van der Waals surface area (Å²) in [6.45, 7) is 5.58. The fourth-order valence-corrected chi connectivity index (χ4v) is 4.83. The number of ether oxygens (including phenoxy) is 3. The van der Waals surface area contributed by atoms with E-state index in [2.05, 4.69) is 0 Å². The average Bonchev–Trinajstić information content (AvgIpc) is 3.29. The minimum atomic E-state index is -3.86. The highest BCUT2D eigenvalue weighted by molar-refractivity contribution is 7.89. The van der Waals surface area contributed by atoms with Crippen molar-refractivity contribution in [3.8, 4) is 22.8 Å². The quantitative estimate of drug-likeness (QED) is 0.164. The van der Waals surface area contributed by atoms with Gasteiger partial charge in [-0.1, -0.05) is 18.2 Å². The second-order valence-electron chi connectivity index (χ2n) is 10.1. The maximum Gasteiger partial charge on any atom is 0.242 e. The smallest absolute Gasteiger partial charge is 0.242 e. The van der Waals surface area contributed by atoms with E-state index in [1.165, 1.54) is 44.6 Å². The highest BCUT2D eigenvalue weighted by atomic mass is 32.2. The van der Waals surface area contributed by atoms with Gasteiger partial charge in [-0.15, -0.1) is 0 Å². The van der Waals surface area contributed by atoms with E-state index in [0.717, 1.165) is 10.9 Å². The Kier molecular flexibility index (Phi) is 8.18. The number of para-hydroxylation sites is 1. The molecule has 0 fully saturated rings. The molecule has 0 amide bonds. The van der Waals surface area contributed by atoms with Gasteiger partial charge in [0.25, 0.3) is 0 Å². The zero-order valence-corrected chi connectivity index (χ0v) is 23.7. The van der Waals surface area contributed by atoms with Gasteiger partial charge in [-0.2, -0.15) is 0 Å². The lowest BCUT2D eigenvalue weighted by Crippen LogP contribution is -2.26. The van der Waals surface area contributed by atoms with E-state index in [0.29, 0.717) is 33.9 Å². The number of benzene rings is 3. The number of carbonyl (C=O) groups excluding carboxylic acids is 1. The van der Waals surface area contributed by atoms with Gasteiger partial charge in [-0.05, 0) is 75.4 Å². The van der Waals surface area contributed by atoms with Crippen molar-refractivity contribution in [2.45, 2.75) is 37.7 Å². The van der Waals surface area contributed by atoms with Gasteiger partial charge in [0.2, 0.25) is 16.4 Å². The topological polar surface area (TPSA) is 130 Å². The minimum absolute atomic E-state index is 0.0810. The highest BCUT2D eigenvalue weighted by Crippen LogP contribution is 2.40. The Balaban J connectivity index is 1.80. The summed E-state index contributed by atoms with van der Waals surface area (Å²) in [5.74, 6) is 0.609. The molecule has 1 atom stereocenters. The monoisotopic (exact) mass is 564 g/mol. The minimum Gasteiger partial charge on any atom is -0.496 e. The van der Waals surface area contributed by atoms with Crippen molar-refractivity contribution < 1.29 is 32.5 Å². The van der Waals surface area contributed by atoms with Crippen molar-refractivity contribution in [1.29, 1.82) is 0 Å². The molecule has 0 aliphatic carbocycles. The molecule has 210 valence electrons. The van der Waals surface area contributed by atoms with Crippen molar-refractivity contribution in [2.24, 2.45) is 5.14 Å². The van der Waals surface area contributed by atoms with E-state index in [4.69, 9.17) is 19.3 Å². The molecule has 1 heterocycles. The molecule has 40 heavy (non-hydrogen) atoms. The van der Waals surface area contributed by atoms with Crippen LogP contribution in [0.3, 0.4) is 0 Å². The van der Waals surface area contributed by atoms with Gasteiger partial charge in [0.1, 0.15) is 11.5 Å². The molecule has 3 aromatic carbocycles. The van der Waals surface area contributed by atoms with Crippen molar-refractivity contribution in [2.75, 3.05) is 14.2 Å². The summed E-state index contributed by atoms with van der Waals surface area (Å²) in [6.07, 6.45) is 1.68. The van der Waals surface area contributed by atoms with Gasteiger partial charge in [0, 0.05) is 28.1 Å². The Labute approximate surface area is 233 Å². The number of allylic oxidation sites excluding steroid dienone is 1. The number of nitrogens with zero attached hydrogens (tertiary/aromatic N) is 1. The fourth-order valence-electron chi connectivity index (χ4n) is 4.31. The Bertz CT molecular complexity index is 1680. The average molecular weight is 565 g/mol. The molecule has 0 saturated heterocycles. The van der Waals surface area contributed by atoms with Crippen LogP contribution in [0.1, 0.15) is 43.1 Å². The molecular weight excluding hydrogens is 532 g/mol. The number of hydrogen-bond donors (Lipinski definition) is 2. The number of aliphatic hydroxyl groups excluding tert-OH is 1. The van der Waals surface area contributed by atoms with Crippen LogP contribution in [-0.4, -0.2) is 43.7 Å². The summed E-state index contributed by atoms with van der Waals surface area (Å²) in [4.78, 5) is 12.8. The van der Waals surface area contributed by atoms with Crippen molar-refractivity contribution in [1.82, 2.24) is 4.57 Å². The molecule has 0 aliphatic heterocycles. The zero-order valence-electron chi connectivity index (χ0n) is 22.9. The number of sulfonamides is 1. The van der Waals surface area contributed by atoms with Crippen LogP contribution in [0.4, 0.5) is 0 Å². The molecule has 0 saturated carbocycles. The molecule has 1 unspecified atom stereocenters. The molecule has 3 N–H and O–H groups in total. The molecule has 10 heteroatoms. The Morgan fingerprint density at radius 2 is 1.62 bits per heavy atom. The number of nitrogens with two attached hydrogens (primary N) is 1. The highest BCUT2D eigenvalue weighted by Gasteiger charge is 2.24. The molecule has 0 radical (unpaired) electrons. The van der Waals surface area contributed by atoms with Gasteiger partial charge in [-0.3, -0.25) is 9.36 Å². The number of aromatic nitrogens is 1. The number of rotatable bonds is 9. The van der Waals surface area contributed by atoms with Crippen LogP contribution in [0, 0.1) is 0 Å². The molecule has 1 aromatic heterocycles. The summed E-state index contributed by atoms with van der Waals surface area (Å²) in [5, 5.41) is 17.2. The summed E-state index contributed by atoms with van der Waals surface area (Å²) < 4.78 is 41.9. The first-order chi connectivity index (χ1) is 18.8. The molecule has 9 nitrogen and oxygen atoms in total. The normalized spacial score (nSPS) is 13.1. The van der Waals surface area contributed by atoms with E-state index < -0.39 is 22.0 Å². The number of carbonyl (C=O) groups is 1. The summed E-state index contributed by atoms with van der Waals surface area (Å²) in [6, 6.07) is 18.4. The number of hydrogen-bond acceptors (Lipinski definition) is 7. The number of primary sulfonamides is 1. The number of methoxy groups -OCH3 is 2. The maximum absolute atomic E-state index is 12.9. The SMILES string of the molecule is COc1cc(OC)c(-c2cc3ccccc3n2C(O)OC(C)(C)C)cc1/C=C/C(=O)c1ccc(S(N)(=O)=O)cc1. The predicted octanol–water partition coefficient (Wildman–Crippen LogP) is 5.13. The molecule has 0 aliphatic rings. The van der Waals surface area contributed by atoms with E-state index in [-0.39, 0.29) is 10.7 Å². The lowest BCUT2D eigenvalue weighted by atomic mass is 10.0. The van der Waals surface area contributed by atoms with Gasteiger partial charge in [0.15, 0.2) is 5.78 Å². The maximum atomic E-state index is 12.9. The number of fused-ring (bicyclic) bond motifs is 1. The van der Waals surface area contributed by atoms with Crippen LogP contribution >= 0.6 is 0 Å². The molecule has 0 spiro atoms. The lowest BCUT2D eigenvalue weighted by molar-refractivity contribution is -0.207. The molecular formula is C30H32N2O7S. The summed E-state index contributed by atoms with van der Waals surface area (Å²) in [7, 11) is -0.813. The molecule has 4 rings (SSSR count). The predicted molar refractivity (Wildman–Crippen MR) is 154 cm³/mol. The van der Waals surface area contributed by atoms with Gasteiger partial charge >= 0.3 is 0 Å². The van der Waals surface area contributed by atoms with E-state index in [1.807, 2.05) is 51.1 Å². The second kappa shape index (κ2) is 11.3. The summed E-state index contributed by atoms with van der Waals surface area (Å²) >= 11 is 0. The first kappa shape index (κ1) is 29.0. The van der Waals surface area contributed by atoms with Gasteiger partial charge in [0.05, 0.1) is 35.9 Å². The lowest BCUT2D eigenvalue weighted by Gasteiger charge is -2.27. The standard InChI is InChI=1S/C30H32N2O7S/c1-30(2,3)39-29(34)32-24-9-7-6-8-20(24)17-25(32)23-16-21(27(37-4)18-28(23)38-5)12-15-26(33)19-10-13-22(14-11-19)40(31,35)36/h6-18,29,34H,1-5H3,(H2,31,35,36)/b15-12+. The first-order valence-corrected chi connectivity index (χ1v) is 13.9. The third kappa shape index (κ3) is 6.26. The van der Waals surface area contributed by atoms with E-state index in [9.17, 15) is 18.3 Å². The Morgan fingerprint density at radius 3 is 2.23 bits per heavy atom. The third-order valence-electron chi connectivity index (χ3n) is 6.14. The zero-order chi connectivity index (χ0) is 29.2. The Hall–Kier alpha value is -3.96. The van der Waals surface area contributed by atoms with Crippen LogP contribution in [0.5, 0.6) is 11.5 Å². The van der Waals surface area contributed by atoms with Crippen molar-refractivity contribution >= 4 is 32.8 Å². The van der Waals surface area contributed by atoms with Crippen LogP contribution < -0.4 is 14.6 Å². The van der Waals surface area contributed by atoms with Crippen LogP contribution in [0.25, 0.3) is 28.2 Å². The first-order valence-electron chi connectivity index (χ1n) is 12.4. The van der Waals surface area contributed by atoms with E-state index in [1.54, 1.807) is 22.8 Å². The largest absolute Gasteiger partial charge is 0.496 e. The van der Waals surface area contributed by atoms with E-state index >= 15 is 0 Å². The number of ketones is 1. The third-order valence-corrected chi connectivity index (χ3v) is 7.07. The fraction of sp³-hybridized carbons (Fsp3) is 0.233. The van der Waals surface area contributed by atoms with Crippen molar-refractivity contribution in [3.63, 3.8) is 0 Å². The van der Waals surface area contributed by atoms with Crippen LogP contribution in [-0.2, 0) is 14.8 Å². The van der Waals surface area contributed by atoms with Gasteiger partial charge in [-0.25, -0.2) is 13.6 Å². The van der Waals surface area contributed by atoms with Crippen molar-refractivity contribution in [3.05, 3.63) is 83.9 Å². The van der Waals surface area contributed by atoms with Crippen LogP contribution in [0.15, 0.2) is 77.7 Å². The van der Waals surface area contributed by atoms with Crippen LogP contribution in [0.2, 0.25) is 0 Å². The summed E-state index contributed by atoms with van der Waals surface area (Å²) in [5.41, 5.74) is 2.29. The number of aliphatic hydroxyl groups is 1. The Morgan fingerprint density at radius 1 is 0.975 bits per heavy atom. The second-order valence-corrected chi connectivity index (χ2v) is 11.6.